The second-order valence-electron chi connectivity index (χ2n) is 14.1. The number of aryl methyl sites for hydroxylation is 2. The van der Waals surface area contributed by atoms with Gasteiger partial charge in [-0.15, -0.1) is 11.3 Å². The van der Waals surface area contributed by atoms with Gasteiger partial charge in [0.2, 0.25) is 0 Å². The lowest BCUT2D eigenvalue weighted by Gasteiger charge is -2.45. The van der Waals surface area contributed by atoms with E-state index in [9.17, 15) is 23.5 Å². The summed E-state index contributed by atoms with van der Waals surface area (Å²) in [6.45, 7) is 9.40. The number of piperidine rings is 1. The summed E-state index contributed by atoms with van der Waals surface area (Å²) in [4.78, 5) is 37.5. The number of hydrogen-bond donors (Lipinski definition) is 1. The fourth-order valence-electron chi connectivity index (χ4n) is 7.84. The highest BCUT2D eigenvalue weighted by Gasteiger charge is 2.71. The number of fused-ring (bicyclic) bond motifs is 2. The van der Waals surface area contributed by atoms with Gasteiger partial charge < -0.3 is 9.84 Å². The van der Waals surface area contributed by atoms with Crippen LogP contribution in [0.3, 0.4) is 0 Å². The smallest absolute Gasteiger partial charge is 0.338 e. The molecule has 1 saturated heterocycles. The summed E-state index contributed by atoms with van der Waals surface area (Å²) < 4.78 is 37.3. The van der Waals surface area contributed by atoms with Crippen LogP contribution in [0.5, 0.6) is 5.75 Å². The highest BCUT2D eigenvalue weighted by Crippen LogP contribution is 2.65. The van der Waals surface area contributed by atoms with Crippen molar-refractivity contribution >= 4 is 39.1 Å². The Balaban J connectivity index is 1.15. The van der Waals surface area contributed by atoms with Crippen molar-refractivity contribution < 1.29 is 23.4 Å². The average Bonchev–Trinajstić information content (AvgIpc) is 3.29. The third kappa shape index (κ3) is 5.54. The van der Waals surface area contributed by atoms with Crippen molar-refractivity contribution in [2.75, 3.05) is 19.7 Å². The maximum Gasteiger partial charge on any atom is 0.338 e. The van der Waals surface area contributed by atoms with Gasteiger partial charge in [-0.1, -0.05) is 25.4 Å². The van der Waals surface area contributed by atoms with Crippen LogP contribution in [0, 0.1) is 19.3 Å². The van der Waals surface area contributed by atoms with Crippen LogP contribution in [0.1, 0.15) is 72.7 Å². The summed E-state index contributed by atoms with van der Waals surface area (Å²) in [5.74, 6) is -2.49. The summed E-state index contributed by atoms with van der Waals surface area (Å²) in [6, 6.07) is 7.17. The first-order chi connectivity index (χ1) is 22.2. The Bertz CT molecular complexity index is 1990. The summed E-state index contributed by atoms with van der Waals surface area (Å²) >= 11 is 7.72. The zero-order valence-corrected chi connectivity index (χ0v) is 28.4. The van der Waals surface area contributed by atoms with Gasteiger partial charge in [-0.05, 0) is 70.3 Å². The number of thiophene rings is 1. The van der Waals surface area contributed by atoms with Gasteiger partial charge in [0.15, 0.2) is 0 Å². The standard InChI is InChI=1S/C35H37ClF2N4O4S/c1-19-12-24(29-28(39-19)26(16-47-29)32(44)45)23-13-21(36)6-7-27(23)46-11-10-42-20(2)40-30-25(31(42)43)14-22(15-33(30,3)4)41-9-5-8-34(18-41)17-35(34,37)38/h6-7,12-13,16,22H,5,8-11,14-15,17-18H2,1-4H3,(H,44,45)/t22-,34+/m0/s1. The SMILES string of the molecule is Cc1cc(-c2cc(Cl)ccc2OCCn2c(C)nc3c(c2=O)C[C@H](N2CCC[C@]4(C2)CC4(F)F)CC3(C)C)c2scc(C(=O)O)c2n1. The van der Waals surface area contributed by atoms with Crippen LogP contribution in [0.2, 0.25) is 5.02 Å². The number of aromatic nitrogens is 3. The molecule has 2 atom stereocenters. The van der Waals surface area contributed by atoms with Crippen molar-refractivity contribution in [3.8, 4) is 16.9 Å². The molecule has 2 fully saturated rings. The van der Waals surface area contributed by atoms with E-state index in [1.807, 2.05) is 19.9 Å². The van der Waals surface area contributed by atoms with Crippen molar-refractivity contribution in [1.82, 2.24) is 19.4 Å². The van der Waals surface area contributed by atoms with E-state index in [1.54, 1.807) is 28.1 Å². The normalized spacial score (nSPS) is 23.2. The minimum atomic E-state index is -2.59. The van der Waals surface area contributed by atoms with Gasteiger partial charge in [0, 0.05) is 57.2 Å². The molecule has 1 spiro atoms. The molecular formula is C35H37ClF2N4O4S. The number of hydrogen-bond acceptors (Lipinski definition) is 7. The molecule has 0 unspecified atom stereocenters. The summed E-state index contributed by atoms with van der Waals surface area (Å²) in [6.07, 6.45) is 2.53. The Morgan fingerprint density at radius 1 is 1.19 bits per heavy atom. The van der Waals surface area contributed by atoms with Crippen LogP contribution in [-0.2, 0) is 18.4 Å². The number of carboxylic acids is 1. The van der Waals surface area contributed by atoms with E-state index in [0.29, 0.717) is 63.0 Å². The number of pyridine rings is 1. The number of halogens is 3. The number of carbonyl (C=O) groups is 1. The van der Waals surface area contributed by atoms with E-state index >= 15 is 0 Å². The summed E-state index contributed by atoms with van der Waals surface area (Å²) in [7, 11) is 0. The lowest BCUT2D eigenvalue weighted by molar-refractivity contribution is 0.00696. The number of benzene rings is 1. The van der Waals surface area contributed by atoms with Crippen LogP contribution >= 0.6 is 22.9 Å². The molecule has 8 nitrogen and oxygen atoms in total. The van der Waals surface area contributed by atoms with Crippen LogP contribution in [0.25, 0.3) is 21.3 Å². The number of carboxylic acid groups (broad SMARTS) is 1. The van der Waals surface area contributed by atoms with Crippen LogP contribution in [-0.4, -0.2) is 62.2 Å². The highest BCUT2D eigenvalue weighted by atomic mass is 35.5. The molecule has 1 N–H and O–H groups in total. The Morgan fingerprint density at radius 3 is 2.68 bits per heavy atom. The van der Waals surface area contributed by atoms with Crippen molar-refractivity contribution in [3.05, 3.63) is 73.4 Å². The van der Waals surface area contributed by atoms with Gasteiger partial charge in [-0.2, -0.15) is 0 Å². The Kier molecular flexibility index (Phi) is 7.76. The number of ether oxygens (including phenoxy) is 1. The zero-order valence-electron chi connectivity index (χ0n) is 26.8. The predicted octanol–water partition coefficient (Wildman–Crippen LogP) is 7.28. The predicted molar refractivity (Wildman–Crippen MR) is 178 cm³/mol. The number of likely N-dealkylation sites (tertiary alicyclic amines) is 1. The first-order valence-corrected chi connectivity index (χ1v) is 17.2. The van der Waals surface area contributed by atoms with Crippen molar-refractivity contribution in [2.45, 2.75) is 83.7 Å². The molecule has 12 heteroatoms. The average molecular weight is 683 g/mol. The Labute approximate surface area is 280 Å². The van der Waals surface area contributed by atoms with Gasteiger partial charge in [-0.3, -0.25) is 19.2 Å². The highest BCUT2D eigenvalue weighted by molar-refractivity contribution is 7.18. The first kappa shape index (κ1) is 32.2. The molecule has 2 aliphatic carbocycles. The molecule has 1 aromatic carbocycles. The van der Waals surface area contributed by atoms with Gasteiger partial charge in [0.25, 0.3) is 11.5 Å². The number of nitrogens with zero attached hydrogens (tertiary/aromatic N) is 4. The molecule has 0 radical (unpaired) electrons. The third-order valence-electron chi connectivity index (χ3n) is 10.3. The molecule has 3 aliphatic rings. The van der Waals surface area contributed by atoms with Gasteiger partial charge in [0.1, 0.15) is 18.2 Å². The van der Waals surface area contributed by atoms with Crippen molar-refractivity contribution in [3.63, 3.8) is 0 Å². The molecule has 47 heavy (non-hydrogen) atoms. The van der Waals surface area contributed by atoms with Gasteiger partial charge >= 0.3 is 5.97 Å². The maximum absolute atomic E-state index is 14.3. The minimum absolute atomic E-state index is 0.00385. The first-order valence-electron chi connectivity index (χ1n) is 16.0. The van der Waals surface area contributed by atoms with Crippen LogP contribution < -0.4 is 10.3 Å². The number of aromatic carboxylic acids is 1. The molecule has 1 aliphatic heterocycles. The molecule has 4 heterocycles. The number of rotatable bonds is 7. The fraction of sp³-hybridized carbons (Fsp3) is 0.486. The monoisotopic (exact) mass is 682 g/mol. The van der Waals surface area contributed by atoms with E-state index in [2.05, 4.69) is 23.7 Å². The molecular weight excluding hydrogens is 646 g/mol. The van der Waals surface area contributed by atoms with E-state index in [1.165, 1.54) is 11.3 Å². The van der Waals surface area contributed by atoms with Crippen LogP contribution in [0.15, 0.2) is 34.4 Å². The summed E-state index contributed by atoms with van der Waals surface area (Å²) in [5, 5.41) is 11.8. The minimum Gasteiger partial charge on any atom is -0.491 e. The van der Waals surface area contributed by atoms with E-state index in [4.69, 9.17) is 21.3 Å². The molecule has 4 aromatic rings. The molecule has 1 saturated carbocycles. The quantitative estimate of drug-likeness (QED) is 0.219. The van der Waals surface area contributed by atoms with Crippen molar-refractivity contribution in [1.29, 1.82) is 0 Å². The molecule has 7 rings (SSSR count). The largest absolute Gasteiger partial charge is 0.491 e. The van der Waals surface area contributed by atoms with Crippen LogP contribution in [0.4, 0.5) is 8.78 Å². The fourth-order valence-corrected chi connectivity index (χ4v) is 9.02. The summed E-state index contributed by atoms with van der Waals surface area (Å²) in [5.41, 5.74) is 2.76. The van der Waals surface area contributed by atoms with Crippen molar-refractivity contribution in [2.24, 2.45) is 5.41 Å². The topological polar surface area (TPSA) is 97.6 Å². The maximum atomic E-state index is 14.3. The lowest BCUT2D eigenvalue weighted by Crippen LogP contribution is -2.52. The molecule has 3 aromatic heterocycles. The number of alkyl halides is 2. The second-order valence-corrected chi connectivity index (χ2v) is 15.4. The van der Waals surface area contributed by atoms with Gasteiger partial charge in [-0.25, -0.2) is 18.6 Å². The molecule has 0 bridgehead atoms. The molecule has 0 amide bonds. The lowest BCUT2D eigenvalue weighted by atomic mass is 9.73. The Hall–Kier alpha value is -3.41. The third-order valence-corrected chi connectivity index (χ3v) is 11.5. The second kappa shape index (κ2) is 11.3. The van der Waals surface area contributed by atoms with E-state index in [0.717, 1.165) is 30.6 Å². The zero-order chi connectivity index (χ0) is 33.5. The van der Waals surface area contributed by atoms with Gasteiger partial charge in [0.05, 0.1) is 33.4 Å². The van der Waals surface area contributed by atoms with E-state index in [-0.39, 0.29) is 42.2 Å². The molecule has 248 valence electrons. The Morgan fingerprint density at radius 2 is 1.96 bits per heavy atom. The van der Waals surface area contributed by atoms with E-state index < -0.39 is 17.3 Å².